The highest BCUT2D eigenvalue weighted by atomic mass is 16.5. The molecule has 0 aliphatic rings. The number of anilines is 1. The molecule has 4 rings (SSSR count). The lowest BCUT2D eigenvalue weighted by molar-refractivity contribution is 0.482. The number of nitrogens with zero attached hydrogens (tertiary/aromatic N) is 2. The Morgan fingerprint density at radius 2 is 1.62 bits per heavy atom. The molecule has 4 nitrogen and oxygen atoms in total. The quantitative estimate of drug-likeness (QED) is 0.566. The average molecular weight is 315 g/mol. The summed E-state index contributed by atoms with van der Waals surface area (Å²) in [6.45, 7) is 0.707. The van der Waals surface area contributed by atoms with Crippen LogP contribution in [0, 0.1) is 0 Å². The number of benzene rings is 3. The summed E-state index contributed by atoms with van der Waals surface area (Å²) in [5.41, 5.74) is 8.81. The number of nitrogen functional groups attached to an aromatic ring is 1. The summed E-state index contributed by atoms with van der Waals surface area (Å²) in [6, 6.07) is 23.7. The van der Waals surface area contributed by atoms with Gasteiger partial charge in [-0.05, 0) is 48.0 Å². The maximum Gasteiger partial charge on any atom is 0.127 e. The molecule has 0 spiro atoms. The predicted molar refractivity (Wildman–Crippen MR) is 96.2 cm³/mol. The number of para-hydroxylation sites is 1. The number of hydrogen-bond donors (Lipinski definition) is 1. The van der Waals surface area contributed by atoms with Crippen LogP contribution in [-0.4, -0.2) is 9.78 Å². The van der Waals surface area contributed by atoms with E-state index in [1.807, 2.05) is 71.5 Å². The molecule has 0 fully saturated rings. The van der Waals surface area contributed by atoms with Gasteiger partial charge in [-0.3, -0.25) is 4.68 Å². The number of aromatic nitrogens is 2. The van der Waals surface area contributed by atoms with E-state index in [0.717, 1.165) is 33.7 Å². The van der Waals surface area contributed by atoms with Crippen molar-refractivity contribution in [3.63, 3.8) is 0 Å². The van der Waals surface area contributed by atoms with Gasteiger partial charge < -0.3 is 10.5 Å². The molecule has 24 heavy (non-hydrogen) atoms. The van der Waals surface area contributed by atoms with E-state index in [2.05, 4.69) is 17.2 Å². The molecule has 0 amide bonds. The van der Waals surface area contributed by atoms with Gasteiger partial charge in [0.2, 0.25) is 0 Å². The van der Waals surface area contributed by atoms with Gasteiger partial charge in [0.05, 0.1) is 18.3 Å². The van der Waals surface area contributed by atoms with Gasteiger partial charge in [0.25, 0.3) is 0 Å². The second-order valence-electron chi connectivity index (χ2n) is 5.68. The maximum absolute atomic E-state index is 5.82. The molecule has 4 aromatic rings. The Bertz CT molecular complexity index is 959. The fraction of sp³-hybridized carbons (Fsp3) is 0.0500. The second-order valence-corrected chi connectivity index (χ2v) is 5.68. The number of ether oxygens (including phenoxy) is 1. The van der Waals surface area contributed by atoms with E-state index in [1.54, 1.807) is 0 Å². The molecule has 0 bridgehead atoms. The summed E-state index contributed by atoms with van der Waals surface area (Å²) in [4.78, 5) is 0. The van der Waals surface area contributed by atoms with Gasteiger partial charge in [0.1, 0.15) is 11.5 Å². The predicted octanol–water partition coefficient (Wildman–Crippen LogP) is 4.46. The molecule has 118 valence electrons. The molecule has 4 heteroatoms. The second kappa shape index (κ2) is 6.08. The van der Waals surface area contributed by atoms with Crippen molar-refractivity contribution in [3.05, 3.63) is 84.6 Å². The summed E-state index contributed by atoms with van der Waals surface area (Å²) < 4.78 is 7.79. The maximum atomic E-state index is 5.82. The van der Waals surface area contributed by atoms with Crippen LogP contribution in [0.15, 0.2) is 79.0 Å². The van der Waals surface area contributed by atoms with Crippen LogP contribution in [0.2, 0.25) is 0 Å². The molecule has 2 N–H and O–H groups in total. The van der Waals surface area contributed by atoms with E-state index < -0.39 is 0 Å². The number of nitrogens with two attached hydrogens (primary N) is 1. The number of rotatable bonds is 4. The Labute approximate surface area is 140 Å². The van der Waals surface area contributed by atoms with Crippen molar-refractivity contribution < 1.29 is 4.74 Å². The van der Waals surface area contributed by atoms with E-state index in [-0.39, 0.29) is 0 Å². The molecular weight excluding hydrogens is 298 g/mol. The third-order valence-corrected chi connectivity index (χ3v) is 3.90. The van der Waals surface area contributed by atoms with Crippen LogP contribution >= 0.6 is 0 Å². The summed E-state index contributed by atoms with van der Waals surface area (Å²) in [5.74, 6) is 1.66. The van der Waals surface area contributed by atoms with Crippen LogP contribution in [0.4, 0.5) is 5.69 Å². The largest absolute Gasteiger partial charge is 0.457 e. The monoisotopic (exact) mass is 315 g/mol. The van der Waals surface area contributed by atoms with E-state index in [0.29, 0.717) is 6.54 Å². The van der Waals surface area contributed by atoms with E-state index in [9.17, 15) is 0 Å². The molecule has 0 atom stereocenters. The van der Waals surface area contributed by atoms with Crippen LogP contribution < -0.4 is 10.5 Å². The zero-order chi connectivity index (χ0) is 16.4. The van der Waals surface area contributed by atoms with Crippen molar-refractivity contribution in [1.82, 2.24) is 9.78 Å². The average Bonchev–Trinajstić information content (AvgIpc) is 2.99. The van der Waals surface area contributed by atoms with E-state index in [1.165, 1.54) is 0 Å². The van der Waals surface area contributed by atoms with Crippen molar-refractivity contribution in [3.8, 4) is 11.5 Å². The highest BCUT2D eigenvalue weighted by Gasteiger charge is 2.04. The Morgan fingerprint density at radius 3 is 2.42 bits per heavy atom. The van der Waals surface area contributed by atoms with Gasteiger partial charge in [-0.1, -0.05) is 30.3 Å². The van der Waals surface area contributed by atoms with Crippen molar-refractivity contribution >= 4 is 16.6 Å². The van der Waals surface area contributed by atoms with Crippen LogP contribution in [0.3, 0.4) is 0 Å². The highest BCUT2D eigenvalue weighted by Crippen LogP contribution is 2.22. The van der Waals surface area contributed by atoms with Gasteiger partial charge in [0, 0.05) is 11.1 Å². The molecule has 3 aromatic carbocycles. The normalized spacial score (nSPS) is 10.8. The molecular formula is C20H17N3O. The Hall–Kier alpha value is -3.27. The molecule has 0 aliphatic carbocycles. The van der Waals surface area contributed by atoms with Crippen molar-refractivity contribution in [2.45, 2.75) is 6.54 Å². The minimum atomic E-state index is 0.707. The third-order valence-electron chi connectivity index (χ3n) is 3.90. The van der Waals surface area contributed by atoms with Crippen LogP contribution in [0.25, 0.3) is 10.9 Å². The fourth-order valence-corrected chi connectivity index (χ4v) is 2.69. The highest BCUT2D eigenvalue weighted by molar-refractivity contribution is 5.82. The third kappa shape index (κ3) is 2.94. The van der Waals surface area contributed by atoms with Gasteiger partial charge in [-0.2, -0.15) is 5.10 Å². The Morgan fingerprint density at radius 1 is 0.875 bits per heavy atom. The molecule has 0 radical (unpaired) electrons. The van der Waals surface area contributed by atoms with E-state index >= 15 is 0 Å². The minimum Gasteiger partial charge on any atom is -0.457 e. The van der Waals surface area contributed by atoms with Crippen LogP contribution in [0.1, 0.15) is 5.56 Å². The first-order valence-corrected chi connectivity index (χ1v) is 7.81. The topological polar surface area (TPSA) is 53.1 Å². The van der Waals surface area contributed by atoms with Gasteiger partial charge in [-0.15, -0.1) is 0 Å². The first-order chi connectivity index (χ1) is 11.8. The zero-order valence-corrected chi connectivity index (χ0v) is 13.1. The number of hydrogen-bond acceptors (Lipinski definition) is 3. The minimum absolute atomic E-state index is 0.707. The summed E-state index contributed by atoms with van der Waals surface area (Å²) in [5, 5.41) is 5.51. The smallest absolute Gasteiger partial charge is 0.127 e. The molecule has 0 saturated carbocycles. The lowest BCUT2D eigenvalue weighted by atomic mass is 10.2. The van der Waals surface area contributed by atoms with Gasteiger partial charge in [0.15, 0.2) is 0 Å². The molecule has 0 unspecified atom stereocenters. The standard InChI is InChI=1S/C20H17N3O/c21-17-8-11-20-16(12-17)13-22-23(20)14-15-6-9-19(10-7-15)24-18-4-2-1-3-5-18/h1-13H,14,21H2. The summed E-state index contributed by atoms with van der Waals surface area (Å²) >= 11 is 0. The lowest BCUT2D eigenvalue weighted by Gasteiger charge is -2.08. The van der Waals surface area contributed by atoms with Crippen LogP contribution in [-0.2, 0) is 6.54 Å². The molecule has 1 heterocycles. The Kier molecular flexibility index (Phi) is 3.63. The van der Waals surface area contributed by atoms with Crippen molar-refractivity contribution in [1.29, 1.82) is 0 Å². The van der Waals surface area contributed by atoms with Crippen molar-refractivity contribution in [2.24, 2.45) is 0 Å². The Balaban J connectivity index is 1.52. The van der Waals surface area contributed by atoms with Gasteiger partial charge in [-0.25, -0.2) is 0 Å². The molecule has 1 aromatic heterocycles. The molecule has 0 aliphatic heterocycles. The summed E-state index contributed by atoms with van der Waals surface area (Å²) in [6.07, 6.45) is 1.85. The first kappa shape index (κ1) is 14.3. The number of fused-ring (bicyclic) bond motifs is 1. The SMILES string of the molecule is Nc1ccc2c(cnn2Cc2ccc(Oc3ccccc3)cc2)c1. The van der Waals surface area contributed by atoms with Gasteiger partial charge >= 0.3 is 0 Å². The van der Waals surface area contributed by atoms with E-state index in [4.69, 9.17) is 10.5 Å². The van der Waals surface area contributed by atoms with Crippen LogP contribution in [0.5, 0.6) is 11.5 Å². The zero-order valence-electron chi connectivity index (χ0n) is 13.1. The van der Waals surface area contributed by atoms with Crippen molar-refractivity contribution in [2.75, 3.05) is 5.73 Å². The molecule has 0 saturated heterocycles. The fourth-order valence-electron chi connectivity index (χ4n) is 2.69. The lowest BCUT2D eigenvalue weighted by Crippen LogP contribution is -2.01. The first-order valence-electron chi connectivity index (χ1n) is 7.81. The summed E-state index contributed by atoms with van der Waals surface area (Å²) in [7, 11) is 0.